The molecule has 2 aromatic rings. The number of rotatable bonds is 4. The molecule has 7 heteroatoms. The molecule has 0 saturated heterocycles. The van der Waals surface area contributed by atoms with Gasteiger partial charge in [-0.05, 0) is 30.3 Å². The van der Waals surface area contributed by atoms with E-state index in [0.29, 0.717) is 5.75 Å². The molecule has 0 fully saturated rings. The van der Waals surface area contributed by atoms with E-state index in [-0.39, 0.29) is 11.3 Å². The average Bonchev–Trinajstić information content (AvgIpc) is 2.53. The van der Waals surface area contributed by atoms with Gasteiger partial charge in [0.25, 0.3) is 0 Å². The van der Waals surface area contributed by atoms with Crippen LogP contribution < -0.4 is 14.2 Å². The van der Waals surface area contributed by atoms with Crippen molar-refractivity contribution in [2.24, 2.45) is 0 Å². The van der Waals surface area contributed by atoms with Crippen LogP contribution in [0, 0.1) is 0 Å². The summed E-state index contributed by atoms with van der Waals surface area (Å²) < 4.78 is 53.7. The topological polar surface area (TPSA) is 44.8 Å². The molecular weight excluding hydrogens is 313 g/mol. The van der Waals surface area contributed by atoms with E-state index in [2.05, 4.69) is 0 Å². The van der Waals surface area contributed by atoms with Gasteiger partial charge in [0.2, 0.25) is 0 Å². The second-order valence-corrected chi connectivity index (χ2v) is 4.45. The molecule has 0 N–H and O–H groups in total. The fourth-order valence-electron chi connectivity index (χ4n) is 1.92. The normalized spacial score (nSPS) is 11.0. The lowest BCUT2D eigenvalue weighted by molar-refractivity contribution is -0.138. The molecule has 0 aliphatic rings. The largest absolute Gasteiger partial charge is 0.497 e. The number of para-hydroxylation sites is 1. The predicted molar refractivity (Wildman–Crippen MR) is 75.9 cm³/mol. The first kappa shape index (κ1) is 16.7. The predicted octanol–water partition coefficient (Wildman–Crippen LogP) is 3.94. The lowest BCUT2D eigenvalue weighted by Gasteiger charge is -2.14. The second kappa shape index (κ2) is 6.60. The minimum atomic E-state index is -4.63. The van der Waals surface area contributed by atoms with E-state index >= 15 is 0 Å². The maximum Gasteiger partial charge on any atom is 0.419 e. The van der Waals surface area contributed by atoms with Crippen molar-refractivity contribution < 1.29 is 32.2 Å². The highest BCUT2D eigenvalue weighted by Gasteiger charge is 2.35. The SMILES string of the molecule is COc1ccc(OC)c(C(=O)Oc2ccccc2C(F)(F)F)c1. The number of methoxy groups -OCH3 is 2. The number of hydrogen-bond acceptors (Lipinski definition) is 4. The van der Waals surface area contributed by atoms with Crippen LogP contribution in [0.25, 0.3) is 0 Å². The molecule has 2 rings (SSSR count). The average molecular weight is 326 g/mol. The van der Waals surface area contributed by atoms with Crippen molar-refractivity contribution in [2.45, 2.75) is 6.18 Å². The third-order valence-corrected chi connectivity index (χ3v) is 3.02. The van der Waals surface area contributed by atoms with Crippen molar-refractivity contribution in [1.82, 2.24) is 0 Å². The number of hydrogen-bond donors (Lipinski definition) is 0. The molecule has 0 unspecified atom stereocenters. The lowest BCUT2D eigenvalue weighted by atomic mass is 10.1. The van der Waals surface area contributed by atoms with Crippen LogP contribution in [0.3, 0.4) is 0 Å². The van der Waals surface area contributed by atoms with E-state index in [0.717, 1.165) is 12.1 Å². The van der Waals surface area contributed by atoms with E-state index in [9.17, 15) is 18.0 Å². The van der Waals surface area contributed by atoms with Crippen molar-refractivity contribution in [2.75, 3.05) is 14.2 Å². The van der Waals surface area contributed by atoms with Gasteiger partial charge in [-0.3, -0.25) is 0 Å². The highest BCUT2D eigenvalue weighted by atomic mass is 19.4. The number of halogens is 3. The van der Waals surface area contributed by atoms with Crippen LogP contribution in [0.5, 0.6) is 17.2 Å². The Balaban J connectivity index is 2.37. The molecule has 0 bridgehead atoms. The van der Waals surface area contributed by atoms with Crippen LogP contribution >= 0.6 is 0 Å². The molecule has 0 aliphatic heterocycles. The molecular formula is C16H13F3O4. The number of ether oxygens (including phenoxy) is 3. The first-order valence-corrected chi connectivity index (χ1v) is 6.47. The molecule has 4 nitrogen and oxygen atoms in total. The van der Waals surface area contributed by atoms with Gasteiger partial charge in [-0.2, -0.15) is 13.2 Å². The Kier molecular flexibility index (Phi) is 4.78. The zero-order valence-electron chi connectivity index (χ0n) is 12.3. The molecule has 0 aliphatic carbocycles. The fourth-order valence-corrected chi connectivity index (χ4v) is 1.92. The van der Waals surface area contributed by atoms with E-state index in [1.165, 1.54) is 38.5 Å². The van der Waals surface area contributed by atoms with Gasteiger partial charge in [0, 0.05) is 0 Å². The highest BCUT2D eigenvalue weighted by molar-refractivity contribution is 5.94. The van der Waals surface area contributed by atoms with Gasteiger partial charge in [0.15, 0.2) is 0 Å². The monoisotopic (exact) mass is 326 g/mol. The minimum absolute atomic E-state index is 0.0381. The van der Waals surface area contributed by atoms with Crippen molar-refractivity contribution in [3.8, 4) is 17.2 Å². The molecule has 23 heavy (non-hydrogen) atoms. The van der Waals surface area contributed by atoms with Crippen LogP contribution in [0.2, 0.25) is 0 Å². The standard InChI is InChI=1S/C16H13F3O4/c1-21-10-7-8-13(22-2)11(9-10)15(20)23-14-6-4-3-5-12(14)16(17,18)19/h3-9H,1-2H3. The van der Waals surface area contributed by atoms with E-state index in [4.69, 9.17) is 14.2 Å². The first-order valence-electron chi connectivity index (χ1n) is 6.47. The number of alkyl halides is 3. The molecule has 0 atom stereocenters. The molecule has 0 heterocycles. The van der Waals surface area contributed by atoms with E-state index in [1.54, 1.807) is 6.07 Å². The second-order valence-electron chi connectivity index (χ2n) is 4.45. The third kappa shape index (κ3) is 3.74. The summed E-state index contributed by atoms with van der Waals surface area (Å²) in [5.41, 5.74) is -1.07. The molecule has 0 radical (unpaired) electrons. The smallest absolute Gasteiger partial charge is 0.419 e. The Morgan fingerprint density at radius 3 is 2.26 bits per heavy atom. The van der Waals surface area contributed by atoms with Gasteiger partial charge in [0.05, 0.1) is 19.8 Å². The Morgan fingerprint density at radius 2 is 1.65 bits per heavy atom. The molecule has 0 saturated carbocycles. The number of benzene rings is 2. The van der Waals surface area contributed by atoms with Gasteiger partial charge in [-0.25, -0.2) is 4.79 Å². The van der Waals surface area contributed by atoms with Crippen LogP contribution in [0.1, 0.15) is 15.9 Å². The van der Waals surface area contributed by atoms with Crippen LogP contribution in [0.4, 0.5) is 13.2 Å². The van der Waals surface area contributed by atoms with Crippen molar-refractivity contribution in [3.05, 3.63) is 53.6 Å². The Hall–Kier alpha value is -2.70. The van der Waals surface area contributed by atoms with Gasteiger partial charge in [-0.15, -0.1) is 0 Å². The lowest BCUT2D eigenvalue weighted by Crippen LogP contribution is -2.14. The minimum Gasteiger partial charge on any atom is -0.497 e. The fraction of sp³-hybridized carbons (Fsp3) is 0.188. The van der Waals surface area contributed by atoms with Crippen molar-refractivity contribution in [3.63, 3.8) is 0 Å². The molecule has 122 valence electrons. The maximum absolute atomic E-state index is 12.9. The number of esters is 1. The Bertz CT molecular complexity index is 711. The van der Waals surface area contributed by atoms with Gasteiger partial charge < -0.3 is 14.2 Å². The summed E-state index contributed by atoms with van der Waals surface area (Å²) in [6, 6.07) is 8.83. The zero-order chi connectivity index (χ0) is 17.0. The van der Waals surface area contributed by atoms with Crippen LogP contribution in [0.15, 0.2) is 42.5 Å². The summed E-state index contributed by atoms with van der Waals surface area (Å²) >= 11 is 0. The summed E-state index contributed by atoms with van der Waals surface area (Å²) in [4.78, 5) is 12.2. The van der Waals surface area contributed by atoms with E-state index < -0.39 is 23.5 Å². The molecule has 0 spiro atoms. The summed E-state index contributed by atoms with van der Waals surface area (Å²) in [5.74, 6) is -1.03. The number of carbonyl (C=O) groups is 1. The van der Waals surface area contributed by atoms with Crippen LogP contribution in [-0.2, 0) is 6.18 Å². The molecule has 0 amide bonds. The molecule has 2 aromatic carbocycles. The highest BCUT2D eigenvalue weighted by Crippen LogP contribution is 2.36. The van der Waals surface area contributed by atoms with Gasteiger partial charge >= 0.3 is 12.1 Å². The maximum atomic E-state index is 12.9. The van der Waals surface area contributed by atoms with Crippen molar-refractivity contribution >= 4 is 5.97 Å². The van der Waals surface area contributed by atoms with Gasteiger partial charge in [0.1, 0.15) is 22.8 Å². The summed E-state index contributed by atoms with van der Waals surface area (Å²) in [5, 5.41) is 0. The Morgan fingerprint density at radius 1 is 0.957 bits per heavy atom. The molecule has 0 aromatic heterocycles. The van der Waals surface area contributed by atoms with Crippen LogP contribution in [-0.4, -0.2) is 20.2 Å². The number of carbonyl (C=O) groups excluding carboxylic acids is 1. The zero-order valence-corrected chi connectivity index (χ0v) is 12.3. The van der Waals surface area contributed by atoms with Gasteiger partial charge in [-0.1, -0.05) is 12.1 Å². The summed E-state index contributed by atoms with van der Waals surface area (Å²) in [6.45, 7) is 0. The quantitative estimate of drug-likeness (QED) is 0.630. The van der Waals surface area contributed by atoms with E-state index in [1.807, 2.05) is 0 Å². The summed E-state index contributed by atoms with van der Waals surface area (Å²) in [6.07, 6.45) is -4.63. The Labute approximate surface area is 130 Å². The summed E-state index contributed by atoms with van der Waals surface area (Å²) in [7, 11) is 2.73. The third-order valence-electron chi connectivity index (χ3n) is 3.02. The first-order chi connectivity index (χ1) is 10.9. The van der Waals surface area contributed by atoms with Crippen molar-refractivity contribution in [1.29, 1.82) is 0 Å².